The van der Waals surface area contributed by atoms with E-state index < -0.39 is 0 Å². The average molecular weight is 279 g/mol. The van der Waals surface area contributed by atoms with E-state index in [1.54, 1.807) is 11.1 Å². The fourth-order valence-corrected chi connectivity index (χ4v) is 3.44. The largest absolute Gasteiger partial charge is 0.310 e. The topological polar surface area (TPSA) is 12.0 Å². The minimum absolute atomic E-state index is 0.416. The lowest BCUT2D eigenvalue weighted by Crippen LogP contribution is -2.26. The first-order valence-electron chi connectivity index (χ1n) is 8.12. The fourth-order valence-electron chi connectivity index (χ4n) is 3.44. The molecule has 1 aliphatic carbocycles. The highest BCUT2D eigenvalue weighted by Gasteiger charge is 2.20. The van der Waals surface area contributed by atoms with E-state index in [0.29, 0.717) is 12.0 Å². The molecule has 1 nitrogen and oxygen atoms in total. The van der Waals surface area contributed by atoms with Gasteiger partial charge in [-0.25, -0.2) is 0 Å². The van der Waals surface area contributed by atoms with Crippen LogP contribution in [0.2, 0.25) is 0 Å². The van der Waals surface area contributed by atoms with Crippen molar-refractivity contribution in [2.45, 2.75) is 45.1 Å². The van der Waals surface area contributed by atoms with Gasteiger partial charge in [0.25, 0.3) is 0 Å². The monoisotopic (exact) mass is 279 g/mol. The molecule has 2 aromatic rings. The first-order chi connectivity index (χ1) is 10.2. The van der Waals surface area contributed by atoms with Crippen LogP contribution in [0.5, 0.6) is 0 Å². The van der Waals surface area contributed by atoms with Crippen LogP contribution < -0.4 is 5.32 Å². The molecule has 0 aliphatic heterocycles. The second-order valence-electron chi connectivity index (χ2n) is 6.33. The lowest BCUT2D eigenvalue weighted by molar-refractivity contribution is 0.473. The van der Waals surface area contributed by atoms with Gasteiger partial charge in [0.05, 0.1) is 0 Å². The molecule has 1 unspecified atom stereocenters. The summed E-state index contributed by atoms with van der Waals surface area (Å²) in [4.78, 5) is 0. The number of fused-ring (bicyclic) bond motifs is 1. The van der Waals surface area contributed by atoms with Crippen LogP contribution in [0.4, 0.5) is 0 Å². The quantitative estimate of drug-likeness (QED) is 0.850. The fraction of sp³-hybridized carbons (Fsp3) is 0.400. The summed E-state index contributed by atoms with van der Waals surface area (Å²) in [5, 5.41) is 3.74. The summed E-state index contributed by atoms with van der Waals surface area (Å²) in [5.74, 6) is 0.669. The maximum Gasteiger partial charge on any atom is 0.0292 e. The molecule has 0 amide bonds. The Bertz CT molecular complexity index is 602. The zero-order valence-corrected chi connectivity index (χ0v) is 13.1. The summed E-state index contributed by atoms with van der Waals surface area (Å²) in [6, 6.07) is 18.2. The van der Waals surface area contributed by atoms with E-state index in [-0.39, 0.29) is 0 Å². The molecule has 0 fully saturated rings. The van der Waals surface area contributed by atoms with Crippen molar-refractivity contribution in [3.05, 3.63) is 70.8 Å². The molecule has 0 spiro atoms. The van der Waals surface area contributed by atoms with Crippen LogP contribution in [0.3, 0.4) is 0 Å². The zero-order chi connectivity index (χ0) is 14.7. The Labute approximate surface area is 128 Å². The van der Waals surface area contributed by atoms with Crippen molar-refractivity contribution in [1.29, 1.82) is 0 Å². The van der Waals surface area contributed by atoms with Gasteiger partial charge in [0.15, 0.2) is 0 Å². The highest BCUT2D eigenvalue weighted by molar-refractivity contribution is 5.33. The molecule has 2 atom stereocenters. The van der Waals surface area contributed by atoms with Gasteiger partial charge in [0, 0.05) is 12.6 Å². The number of hydrogen-bond acceptors (Lipinski definition) is 1. The van der Waals surface area contributed by atoms with Gasteiger partial charge in [-0.15, -0.1) is 0 Å². The second kappa shape index (κ2) is 6.44. The van der Waals surface area contributed by atoms with Crippen molar-refractivity contribution in [1.82, 2.24) is 5.32 Å². The molecule has 21 heavy (non-hydrogen) atoms. The van der Waals surface area contributed by atoms with Crippen molar-refractivity contribution in [3.8, 4) is 0 Å². The van der Waals surface area contributed by atoms with Gasteiger partial charge in [-0.1, -0.05) is 54.1 Å². The van der Waals surface area contributed by atoms with E-state index in [2.05, 4.69) is 67.7 Å². The van der Waals surface area contributed by atoms with Crippen LogP contribution in [0.1, 0.15) is 54.0 Å². The van der Waals surface area contributed by atoms with Gasteiger partial charge < -0.3 is 5.32 Å². The molecular formula is C20H25N. The third kappa shape index (κ3) is 3.36. The van der Waals surface area contributed by atoms with Crippen LogP contribution in [-0.4, -0.2) is 6.54 Å². The first kappa shape index (κ1) is 14.3. The third-order valence-corrected chi connectivity index (χ3v) is 4.71. The summed E-state index contributed by atoms with van der Waals surface area (Å²) in [6.07, 6.45) is 3.88. The summed E-state index contributed by atoms with van der Waals surface area (Å²) in [6.45, 7) is 5.50. The molecule has 0 bridgehead atoms. The van der Waals surface area contributed by atoms with Crippen LogP contribution in [0.25, 0.3) is 0 Å². The predicted molar refractivity (Wildman–Crippen MR) is 89.7 cm³/mol. The average Bonchev–Trinajstić information content (AvgIpc) is 2.52. The molecule has 3 rings (SSSR count). The van der Waals surface area contributed by atoms with Crippen LogP contribution in [0.15, 0.2) is 48.5 Å². The van der Waals surface area contributed by atoms with Crippen molar-refractivity contribution < 1.29 is 0 Å². The Kier molecular flexibility index (Phi) is 4.40. The van der Waals surface area contributed by atoms with Gasteiger partial charge in [-0.05, 0) is 55.7 Å². The Morgan fingerprint density at radius 2 is 2.00 bits per heavy atom. The number of nitrogens with one attached hydrogen (secondary N) is 1. The van der Waals surface area contributed by atoms with E-state index in [1.165, 1.54) is 30.4 Å². The normalized spacial score (nSPS) is 19.0. The highest BCUT2D eigenvalue weighted by atomic mass is 14.9. The molecule has 0 saturated carbocycles. The number of aryl methyl sites for hydroxylation is 2. The SMILES string of the molecule is Cc1cccc([C@@H](C)NCC2CCCc3ccccc32)c1. The molecular weight excluding hydrogens is 254 g/mol. The maximum atomic E-state index is 3.74. The standard InChI is InChI=1S/C20H25N/c1-15-7-5-10-18(13-15)16(2)21-14-19-11-6-9-17-8-3-4-12-20(17)19/h3-5,7-8,10,12-13,16,19,21H,6,9,11,14H2,1-2H3/t16-,19?/m1/s1. The Hall–Kier alpha value is -1.60. The van der Waals surface area contributed by atoms with Gasteiger partial charge >= 0.3 is 0 Å². The molecule has 110 valence electrons. The minimum atomic E-state index is 0.416. The number of benzene rings is 2. The smallest absolute Gasteiger partial charge is 0.0292 e. The second-order valence-corrected chi connectivity index (χ2v) is 6.33. The molecule has 0 saturated heterocycles. The number of rotatable bonds is 4. The molecule has 1 aliphatic rings. The van der Waals surface area contributed by atoms with Crippen LogP contribution in [0, 0.1) is 6.92 Å². The van der Waals surface area contributed by atoms with Crippen molar-refractivity contribution in [2.75, 3.05) is 6.54 Å². The lowest BCUT2D eigenvalue weighted by Gasteiger charge is -2.27. The molecule has 1 N–H and O–H groups in total. The summed E-state index contributed by atoms with van der Waals surface area (Å²) < 4.78 is 0. The van der Waals surface area contributed by atoms with E-state index in [9.17, 15) is 0 Å². The van der Waals surface area contributed by atoms with Crippen molar-refractivity contribution >= 4 is 0 Å². The van der Waals surface area contributed by atoms with Crippen LogP contribution >= 0.6 is 0 Å². The molecule has 0 aromatic heterocycles. The third-order valence-electron chi connectivity index (χ3n) is 4.71. The van der Waals surface area contributed by atoms with E-state index >= 15 is 0 Å². The van der Waals surface area contributed by atoms with Crippen molar-refractivity contribution in [2.24, 2.45) is 0 Å². The van der Waals surface area contributed by atoms with Gasteiger partial charge in [0.2, 0.25) is 0 Å². The summed E-state index contributed by atoms with van der Waals surface area (Å²) in [5.41, 5.74) is 5.84. The Balaban J connectivity index is 1.66. The Morgan fingerprint density at radius 3 is 2.86 bits per heavy atom. The maximum absolute atomic E-state index is 3.74. The Morgan fingerprint density at radius 1 is 1.14 bits per heavy atom. The predicted octanol–water partition coefficient (Wildman–Crippen LogP) is 4.77. The molecule has 0 radical (unpaired) electrons. The van der Waals surface area contributed by atoms with Gasteiger partial charge in [0.1, 0.15) is 0 Å². The lowest BCUT2D eigenvalue weighted by atomic mass is 9.82. The van der Waals surface area contributed by atoms with E-state index in [0.717, 1.165) is 6.54 Å². The van der Waals surface area contributed by atoms with Crippen molar-refractivity contribution in [3.63, 3.8) is 0 Å². The van der Waals surface area contributed by atoms with Gasteiger partial charge in [-0.3, -0.25) is 0 Å². The highest BCUT2D eigenvalue weighted by Crippen LogP contribution is 2.31. The number of hydrogen-bond donors (Lipinski definition) is 1. The summed E-state index contributed by atoms with van der Waals surface area (Å²) in [7, 11) is 0. The zero-order valence-electron chi connectivity index (χ0n) is 13.1. The molecule has 0 heterocycles. The van der Waals surface area contributed by atoms with E-state index in [4.69, 9.17) is 0 Å². The molecule has 2 aromatic carbocycles. The summed E-state index contributed by atoms with van der Waals surface area (Å²) >= 11 is 0. The minimum Gasteiger partial charge on any atom is -0.310 e. The first-order valence-corrected chi connectivity index (χ1v) is 8.12. The molecule has 1 heteroatoms. The van der Waals surface area contributed by atoms with Gasteiger partial charge in [-0.2, -0.15) is 0 Å². The van der Waals surface area contributed by atoms with E-state index in [1.807, 2.05) is 0 Å². The van der Waals surface area contributed by atoms with Crippen LogP contribution in [-0.2, 0) is 6.42 Å².